The molecule has 168 valence electrons. The molecule has 1 unspecified atom stereocenters. The Hall–Kier alpha value is -2.12. The van der Waals surface area contributed by atoms with Gasteiger partial charge in [-0.05, 0) is 44.1 Å². The average Bonchev–Trinajstić information content (AvgIpc) is 2.91. The molecule has 1 aliphatic rings. The van der Waals surface area contributed by atoms with Crippen molar-refractivity contribution in [3.05, 3.63) is 35.9 Å². The summed E-state index contributed by atoms with van der Waals surface area (Å²) in [5, 5.41) is 2.95. The molecule has 0 aliphatic carbocycles. The molecule has 7 nitrogen and oxygen atoms in total. The van der Waals surface area contributed by atoms with Gasteiger partial charge in [0.2, 0.25) is 5.91 Å². The molecule has 1 saturated heterocycles. The van der Waals surface area contributed by atoms with Gasteiger partial charge in [0.25, 0.3) is 0 Å². The monoisotopic (exact) mass is 420 g/mol. The third-order valence-electron chi connectivity index (χ3n) is 5.41. The number of nitrogens with one attached hydrogen (secondary N) is 1. The Kier molecular flexibility index (Phi) is 10.7. The summed E-state index contributed by atoms with van der Waals surface area (Å²) >= 11 is 0. The van der Waals surface area contributed by atoms with Crippen molar-refractivity contribution in [1.29, 1.82) is 0 Å². The van der Waals surface area contributed by atoms with Gasteiger partial charge in [0.15, 0.2) is 0 Å². The summed E-state index contributed by atoms with van der Waals surface area (Å²) in [5.74, 6) is -0.00291. The number of likely N-dealkylation sites (tertiary alicyclic amines) is 1. The largest absolute Gasteiger partial charge is 0.445 e. The number of carbonyl (C=O) groups is 2. The molecular weight excluding hydrogens is 384 g/mol. The number of hydrogen-bond acceptors (Lipinski definition) is 5. The number of ether oxygens (including phenoxy) is 3. The van der Waals surface area contributed by atoms with Crippen LogP contribution in [0, 0.1) is 0 Å². The number of alkyl carbamates (subject to hydrolysis) is 1. The van der Waals surface area contributed by atoms with Crippen LogP contribution in [0.25, 0.3) is 0 Å². The number of nitrogens with zero attached hydrogens (tertiary/aromatic N) is 1. The molecule has 1 N–H and O–H groups in total. The van der Waals surface area contributed by atoms with Gasteiger partial charge in [0, 0.05) is 26.8 Å². The van der Waals surface area contributed by atoms with Crippen LogP contribution in [0.15, 0.2) is 30.3 Å². The predicted molar refractivity (Wildman–Crippen MR) is 115 cm³/mol. The van der Waals surface area contributed by atoms with E-state index in [0.29, 0.717) is 25.9 Å². The van der Waals surface area contributed by atoms with E-state index in [-0.39, 0.29) is 19.3 Å². The van der Waals surface area contributed by atoms with Crippen molar-refractivity contribution in [2.24, 2.45) is 0 Å². The minimum atomic E-state index is -0.950. The molecule has 2 rings (SSSR count). The molecule has 1 aliphatic heterocycles. The lowest BCUT2D eigenvalue weighted by atomic mass is 9.87. The van der Waals surface area contributed by atoms with Gasteiger partial charge in [-0.25, -0.2) is 4.79 Å². The van der Waals surface area contributed by atoms with Crippen LogP contribution in [0.4, 0.5) is 4.79 Å². The smallest absolute Gasteiger partial charge is 0.408 e. The second-order valence-electron chi connectivity index (χ2n) is 7.79. The van der Waals surface area contributed by atoms with Crippen LogP contribution >= 0.6 is 0 Å². The molecule has 1 aromatic rings. The number of rotatable bonds is 12. The van der Waals surface area contributed by atoms with Crippen molar-refractivity contribution >= 4 is 12.0 Å². The summed E-state index contributed by atoms with van der Waals surface area (Å²) in [6.45, 7) is 4.43. The highest BCUT2D eigenvalue weighted by Crippen LogP contribution is 2.28. The SMILES string of the molecule is CCCCN1CCCCC(CCCOCOC)(NC(=O)OCc2ccccc2)C1=O. The molecule has 0 bridgehead atoms. The maximum Gasteiger partial charge on any atom is 0.408 e. The van der Waals surface area contributed by atoms with E-state index in [2.05, 4.69) is 12.2 Å². The zero-order valence-electron chi connectivity index (χ0n) is 18.4. The van der Waals surface area contributed by atoms with Gasteiger partial charge in [-0.1, -0.05) is 43.7 Å². The normalized spacial score (nSPS) is 19.4. The molecule has 1 heterocycles. The van der Waals surface area contributed by atoms with Crippen LogP contribution in [-0.2, 0) is 25.6 Å². The lowest BCUT2D eigenvalue weighted by Crippen LogP contribution is -2.59. The minimum Gasteiger partial charge on any atom is -0.445 e. The zero-order valence-corrected chi connectivity index (χ0v) is 18.4. The Bertz CT molecular complexity index is 640. The fraction of sp³-hybridized carbons (Fsp3) is 0.652. The van der Waals surface area contributed by atoms with Gasteiger partial charge < -0.3 is 24.4 Å². The minimum absolute atomic E-state index is 0.00291. The molecule has 0 aromatic heterocycles. The number of amides is 2. The van der Waals surface area contributed by atoms with E-state index in [4.69, 9.17) is 14.2 Å². The van der Waals surface area contributed by atoms with Crippen molar-refractivity contribution in [1.82, 2.24) is 10.2 Å². The summed E-state index contributed by atoms with van der Waals surface area (Å²) in [7, 11) is 1.58. The van der Waals surface area contributed by atoms with Crippen LogP contribution < -0.4 is 5.32 Å². The topological polar surface area (TPSA) is 77.1 Å². The molecule has 1 atom stereocenters. The lowest BCUT2D eigenvalue weighted by molar-refractivity contribution is -0.138. The Morgan fingerprint density at radius 2 is 2.00 bits per heavy atom. The molecule has 1 aromatic carbocycles. The Morgan fingerprint density at radius 3 is 2.73 bits per heavy atom. The maximum atomic E-state index is 13.5. The number of benzene rings is 1. The van der Waals surface area contributed by atoms with E-state index < -0.39 is 11.6 Å². The molecule has 0 spiro atoms. The van der Waals surface area contributed by atoms with Crippen molar-refractivity contribution in [2.75, 3.05) is 33.6 Å². The lowest BCUT2D eigenvalue weighted by Gasteiger charge is -2.35. The first-order chi connectivity index (χ1) is 14.6. The van der Waals surface area contributed by atoms with Gasteiger partial charge in [0.1, 0.15) is 18.9 Å². The van der Waals surface area contributed by atoms with Crippen molar-refractivity contribution < 1.29 is 23.8 Å². The van der Waals surface area contributed by atoms with Crippen LogP contribution in [0.5, 0.6) is 0 Å². The molecule has 0 radical (unpaired) electrons. The summed E-state index contributed by atoms with van der Waals surface area (Å²) < 4.78 is 15.7. The molecule has 1 fully saturated rings. The molecule has 30 heavy (non-hydrogen) atoms. The van der Waals surface area contributed by atoms with Gasteiger partial charge in [-0.2, -0.15) is 0 Å². The summed E-state index contributed by atoms with van der Waals surface area (Å²) in [5.41, 5.74) is -0.0412. The first kappa shape index (κ1) is 24.2. The third kappa shape index (κ3) is 7.61. The second kappa shape index (κ2) is 13.2. The van der Waals surface area contributed by atoms with Crippen LogP contribution in [0.2, 0.25) is 0 Å². The van der Waals surface area contributed by atoms with E-state index >= 15 is 0 Å². The first-order valence-corrected chi connectivity index (χ1v) is 11.0. The van der Waals surface area contributed by atoms with Gasteiger partial charge >= 0.3 is 6.09 Å². The molecule has 2 amide bonds. The van der Waals surface area contributed by atoms with Crippen LogP contribution in [0.1, 0.15) is 57.4 Å². The number of hydrogen-bond donors (Lipinski definition) is 1. The highest BCUT2D eigenvalue weighted by atomic mass is 16.7. The maximum absolute atomic E-state index is 13.5. The quantitative estimate of drug-likeness (QED) is 0.410. The van der Waals surface area contributed by atoms with E-state index in [9.17, 15) is 9.59 Å². The Labute approximate surface area is 180 Å². The number of methoxy groups -OCH3 is 1. The van der Waals surface area contributed by atoms with Crippen LogP contribution in [-0.4, -0.2) is 56.0 Å². The fourth-order valence-electron chi connectivity index (χ4n) is 3.79. The summed E-state index contributed by atoms with van der Waals surface area (Å²) in [6.07, 6.45) is 5.02. The average molecular weight is 421 g/mol. The van der Waals surface area contributed by atoms with E-state index in [1.807, 2.05) is 35.2 Å². The Balaban J connectivity index is 2.06. The Morgan fingerprint density at radius 1 is 1.20 bits per heavy atom. The summed E-state index contributed by atoms with van der Waals surface area (Å²) in [4.78, 5) is 28.0. The highest BCUT2D eigenvalue weighted by molar-refractivity contribution is 5.90. The molecule has 7 heteroatoms. The number of unbranched alkanes of at least 4 members (excludes halogenated alkanes) is 1. The highest BCUT2D eigenvalue weighted by Gasteiger charge is 2.43. The summed E-state index contributed by atoms with van der Waals surface area (Å²) in [6, 6.07) is 9.52. The van der Waals surface area contributed by atoms with E-state index in [1.54, 1.807) is 7.11 Å². The van der Waals surface area contributed by atoms with Gasteiger partial charge in [0.05, 0.1) is 0 Å². The molecule has 0 saturated carbocycles. The van der Waals surface area contributed by atoms with Gasteiger partial charge in [-0.3, -0.25) is 4.79 Å². The fourth-order valence-corrected chi connectivity index (χ4v) is 3.79. The van der Waals surface area contributed by atoms with E-state index in [0.717, 1.165) is 44.3 Å². The second-order valence-corrected chi connectivity index (χ2v) is 7.79. The van der Waals surface area contributed by atoms with Crippen molar-refractivity contribution in [3.63, 3.8) is 0 Å². The van der Waals surface area contributed by atoms with Crippen molar-refractivity contribution in [2.45, 2.75) is 64.0 Å². The third-order valence-corrected chi connectivity index (χ3v) is 5.41. The first-order valence-electron chi connectivity index (χ1n) is 11.0. The van der Waals surface area contributed by atoms with Crippen molar-refractivity contribution in [3.8, 4) is 0 Å². The predicted octanol–water partition coefficient (Wildman–Crippen LogP) is 3.86. The zero-order chi connectivity index (χ0) is 21.7. The van der Waals surface area contributed by atoms with E-state index in [1.165, 1.54) is 0 Å². The van der Waals surface area contributed by atoms with Crippen LogP contribution in [0.3, 0.4) is 0 Å². The van der Waals surface area contributed by atoms with Gasteiger partial charge in [-0.15, -0.1) is 0 Å². The number of carbonyl (C=O) groups excluding carboxylic acids is 2. The molecular formula is C23H36N2O5. The standard InChI is InChI=1S/C23H36N2O5/c1-3-4-15-25-16-9-8-13-23(21(25)26,14-10-17-29-19-28-2)24-22(27)30-18-20-11-6-5-7-12-20/h5-7,11-12H,3-4,8-10,13-19H2,1-2H3,(H,24,27).